The van der Waals surface area contributed by atoms with Crippen LogP contribution in [0.15, 0.2) is 338 Å². The fourth-order valence-corrected chi connectivity index (χ4v) is 17.8. The summed E-state index contributed by atoms with van der Waals surface area (Å²) >= 11 is 0. The molecule has 2 atom stereocenters. The van der Waals surface area contributed by atoms with E-state index >= 15 is 0 Å². The molecule has 16 bridgehead atoms. The van der Waals surface area contributed by atoms with Crippen molar-refractivity contribution in [2.45, 2.75) is 39.8 Å². The number of nitrogens with zero attached hydrogens (tertiary/aromatic N) is 10. The van der Waals surface area contributed by atoms with Gasteiger partial charge < -0.3 is 18.6 Å². The van der Waals surface area contributed by atoms with Crippen LogP contribution in [0.4, 0.5) is 0 Å². The summed E-state index contributed by atoms with van der Waals surface area (Å²) in [6.07, 6.45) is 21.0. The van der Waals surface area contributed by atoms with Crippen molar-refractivity contribution >= 4 is 56.7 Å². The third-order valence-electron chi connectivity index (χ3n) is 23.1. The molecule has 7 aliphatic heterocycles. The number of fused-ring (bicyclic) bond motifs is 6. The average molecular weight is 1410 g/mol. The molecule has 24 rings (SSSR count). The molecule has 5 aromatic heterocycles. The first-order chi connectivity index (χ1) is 54.1. The van der Waals surface area contributed by atoms with Gasteiger partial charge in [-0.05, 0) is 263 Å². The van der Waals surface area contributed by atoms with E-state index in [0.717, 1.165) is 218 Å². The van der Waals surface area contributed by atoms with Gasteiger partial charge in [-0.25, -0.2) is 29.9 Å². The summed E-state index contributed by atoms with van der Waals surface area (Å²) in [6.45, 7) is 8.63. The van der Waals surface area contributed by atoms with Crippen LogP contribution in [-0.2, 0) is 0 Å². The van der Waals surface area contributed by atoms with Gasteiger partial charge in [-0.1, -0.05) is 188 Å². The van der Waals surface area contributed by atoms with Gasteiger partial charge in [-0.2, -0.15) is 0 Å². The van der Waals surface area contributed by atoms with Crippen LogP contribution in [-0.4, -0.2) is 62.3 Å². The van der Waals surface area contributed by atoms with Crippen molar-refractivity contribution in [2.24, 2.45) is 9.98 Å². The van der Waals surface area contributed by atoms with E-state index in [1.54, 1.807) is 0 Å². The average Bonchev–Trinajstić information content (AvgIpc) is 1.54. The molecule has 0 aliphatic carbocycles. The summed E-state index contributed by atoms with van der Waals surface area (Å²) in [5.41, 5.74) is 35.4. The van der Waals surface area contributed by atoms with Crippen LogP contribution in [0.2, 0.25) is 0 Å². The Hall–Kier alpha value is -14.2. The molecule has 7 aliphatic rings. The molecule has 110 heavy (non-hydrogen) atoms. The Morgan fingerprint density at radius 3 is 1.05 bits per heavy atom. The summed E-state index contributed by atoms with van der Waals surface area (Å²) in [6, 6.07) is 99.8. The third kappa shape index (κ3) is 10.2. The van der Waals surface area contributed by atoms with E-state index in [0.29, 0.717) is 5.82 Å². The Bertz CT molecular complexity index is 6610. The molecule has 0 saturated carbocycles. The summed E-state index contributed by atoms with van der Waals surface area (Å²) in [5.74, 6) is 2.55. The van der Waals surface area contributed by atoms with Gasteiger partial charge in [0.2, 0.25) is 0 Å². The first kappa shape index (κ1) is 63.1. The molecule has 0 amide bonds. The van der Waals surface area contributed by atoms with Gasteiger partial charge in [0.05, 0.1) is 34.9 Å². The molecule has 0 N–H and O–H groups in total. The predicted molar refractivity (Wildman–Crippen MR) is 450 cm³/mol. The number of hydrogen-bond donors (Lipinski definition) is 0. The summed E-state index contributed by atoms with van der Waals surface area (Å²) in [7, 11) is 0. The lowest BCUT2D eigenvalue weighted by Gasteiger charge is -2.27. The van der Waals surface area contributed by atoms with E-state index < -0.39 is 0 Å². The molecule has 0 fully saturated rings. The van der Waals surface area contributed by atoms with Crippen molar-refractivity contribution in [1.29, 1.82) is 0 Å². The van der Waals surface area contributed by atoms with Gasteiger partial charge in [0.15, 0.2) is 5.82 Å². The molecule has 12 aromatic carbocycles. The minimum absolute atomic E-state index is 0.0352. The largest absolute Gasteiger partial charge is 0.324 e. The van der Waals surface area contributed by atoms with Gasteiger partial charge >= 0.3 is 0 Å². The van der Waals surface area contributed by atoms with Gasteiger partial charge in [-0.3, -0.25) is 0 Å². The lowest BCUT2D eigenvalue weighted by molar-refractivity contribution is 0.478. The second-order valence-corrected chi connectivity index (χ2v) is 29.7. The van der Waals surface area contributed by atoms with Crippen LogP contribution in [0.5, 0.6) is 0 Å². The van der Waals surface area contributed by atoms with Gasteiger partial charge in [0.1, 0.15) is 23.0 Å². The first-order valence-electron chi connectivity index (χ1n) is 37.7. The molecule has 0 saturated heterocycles. The Balaban J connectivity index is 0.816. The quantitative estimate of drug-likeness (QED) is 0.165. The number of pyridine rings is 2. The van der Waals surface area contributed by atoms with Crippen LogP contribution in [0, 0.1) is 13.8 Å². The Morgan fingerprint density at radius 1 is 0.300 bits per heavy atom. The number of imidazole rings is 2. The zero-order chi connectivity index (χ0) is 73.0. The molecular weight excluding hydrogens is 1340 g/mol. The Morgan fingerprint density at radius 2 is 0.645 bits per heavy atom. The predicted octanol–water partition coefficient (Wildman–Crippen LogP) is 23.8. The van der Waals surface area contributed by atoms with Crippen molar-refractivity contribution in [3.05, 3.63) is 362 Å². The van der Waals surface area contributed by atoms with Crippen LogP contribution in [0.1, 0.15) is 47.5 Å². The normalized spacial score (nSPS) is 15.7. The molecule has 0 radical (unpaired) electrons. The number of aryl methyl sites for hydroxylation is 2. The summed E-state index contributed by atoms with van der Waals surface area (Å²) in [4.78, 5) is 35.2. The van der Waals surface area contributed by atoms with Gasteiger partial charge in [0, 0.05) is 77.0 Å². The molecule has 17 aromatic rings. The number of benzene rings is 12. The van der Waals surface area contributed by atoms with Gasteiger partial charge in [-0.15, -0.1) is 0 Å². The number of hydrogen-bond acceptors (Lipinski definition) is 8. The van der Waals surface area contributed by atoms with E-state index in [9.17, 15) is 0 Å². The molecule has 12 heterocycles. The van der Waals surface area contributed by atoms with E-state index in [1.165, 1.54) is 0 Å². The number of rotatable bonds is 6. The smallest absolute Gasteiger partial charge is 0.159 e. The third-order valence-corrected chi connectivity index (χ3v) is 23.1. The monoisotopic (exact) mass is 1410 g/mol. The standard InChI is InChI=1S/C100H68N10/c1-59-57-107-43-37-69-47-65(29-33-89(69)97(107)103-59)79-15-5-9-19-83(79)73-51-75-55-77(53-73)87-23-13-24-88(93(87)63-25-27-64(28-26-63)96-101-41-14-42-102-96)78-54-74(84-20-10-6-16-80(84)66-30-34-90-70(48-66)38-44-108-58-60(2)104-98(90)108)52-76(56-78)86-22-12-8-18-82(86)68-32-36-92-72(50-68)40-46-110-62(4)95(106-100(92)110)94-61(3)109-45-39-71-49-67(31-35-91(71)99(109)105-94)81-17-7-11-21-85(75)81/h5-58,61-62H,1-4H3/b95-94-. The molecule has 2 unspecified atom stereocenters. The minimum Gasteiger partial charge on any atom is -0.324 e. The lowest BCUT2D eigenvalue weighted by atomic mass is 9.82. The van der Waals surface area contributed by atoms with Crippen LogP contribution in [0.3, 0.4) is 0 Å². The van der Waals surface area contributed by atoms with Crippen molar-refractivity contribution in [2.75, 3.05) is 0 Å². The highest BCUT2D eigenvalue weighted by molar-refractivity contribution is 6.11. The fourth-order valence-electron chi connectivity index (χ4n) is 17.8. The maximum atomic E-state index is 5.59. The van der Waals surface area contributed by atoms with Crippen molar-refractivity contribution in [3.63, 3.8) is 0 Å². The molecular formula is C100H68N10. The topological polar surface area (TPSA) is 91.6 Å². The summed E-state index contributed by atoms with van der Waals surface area (Å²) < 4.78 is 4.25. The van der Waals surface area contributed by atoms with E-state index in [4.69, 9.17) is 29.9 Å². The van der Waals surface area contributed by atoms with Crippen molar-refractivity contribution < 1.29 is 0 Å². The van der Waals surface area contributed by atoms with Crippen LogP contribution >= 0.6 is 0 Å². The van der Waals surface area contributed by atoms with Crippen molar-refractivity contribution in [3.8, 4) is 134 Å². The second-order valence-electron chi connectivity index (χ2n) is 29.7. The SMILES string of the molecule is Cc1cn2ccc3cc(-c4ccccc4-c4cc5cc(c4)-c4cccc(c4-c4ccc(-c6ncccn6)cc4)-c4cc(cc(-c6ccccc6-c6ccc7c(ccn8cc(C)nc78)c6)c4)-c4ccccc4-c4ccc6c(c4)C=CN4C6=N/C(=C6\N=C7c8ccc(cc8C=CN7C6C)-c6ccccc6-5)C4C)ccc3c2n1. The molecule has 10 nitrogen and oxygen atoms in total. The van der Waals surface area contributed by atoms with Crippen LogP contribution < -0.4 is 0 Å². The summed E-state index contributed by atoms with van der Waals surface area (Å²) in [5, 5.41) is 4.48. The van der Waals surface area contributed by atoms with E-state index in [2.05, 4.69) is 356 Å². The maximum Gasteiger partial charge on any atom is 0.159 e. The van der Waals surface area contributed by atoms with Gasteiger partial charge in [0.25, 0.3) is 0 Å². The lowest BCUT2D eigenvalue weighted by Crippen LogP contribution is -2.33. The highest BCUT2D eigenvalue weighted by Gasteiger charge is 2.40. The highest BCUT2D eigenvalue weighted by atomic mass is 15.3. The molecule has 0 spiro atoms. The number of aliphatic imine (C=N–C) groups is 2. The Labute approximate surface area is 636 Å². The fraction of sp³-hybridized carbons (Fsp3) is 0.0600. The number of aromatic nitrogens is 6. The minimum atomic E-state index is -0.0352. The second kappa shape index (κ2) is 24.7. The zero-order valence-electron chi connectivity index (χ0n) is 60.8. The molecule has 10 heteroatoms. The highest BCUT2D eigenvalue weighted by Crippen LogP contribution is 2.50. The van der Waals surface area contributed by atoms with Crippen LogP contribution in [0.25, 0.3) is 179 Å². The maximum absolute atomic E-state index is 5.59. The number of amidine groups is 2. The van der Waals surface area contributed by atoms with Crippen molar-refractivity contribution in [1.82, 2.24) is 38.5 Å². The Kier molecular flexibility index (Phi) is 14.2. The van der Waals surface area contributed by atoms with E-state index in [-0.39, 0.29) is 12.1 Å². The first-order valence-corrected chi connectivity index (χ1v) is 37.7. The molecule has 518 valence electrons. The zero-order valence-corrected chi connectivity index (χ0v) is 60.8. The van der Waals surface area contributed by atoms with E-state index in [1.807, 2.05) is 18.5 Å².